The summed E-state index contributed by atoms with van der Waals surface area (Å²) in [5.74, 6) is 0.553. The highest BCUT2D eigenvalue weighted by Crippen LogP contribution is 2.40. The molecule has 0 amide bonds. The van der Waals surface area contributed by atoms with Crippen molar-refractivity contribution >= 4 is 27.4 Å². The van der Waals surface area contributed by atoms with Crippen LogP contribution in [0.3, 0.4) is 0 Å². The Labute approximate surface area is 134 Å². The highest BCUT2D eigenvalue weighted by Gasteiger charge is 2.35. The van der Waals surface area contributed by atoms with Gasteiger partial charge in [-0.1, -0.05) is 11.6 Å². The van der Waals surface area contributed by atoms with Gasteiger partial charge in [-0.2, -0.15) is 4.31 Å². The summed E-state index contributed by atoms with van der Waals surface area (Å²) in [6.45, 7) is 2.05. The minimum atomic E-state index is -3.63. The highest BCUT2D eigenvalue weighted by atomic mass is 35.5. The second-order valence-electron chi connectivity index (χ2n) is 5.44. The molecule has 22 heavy (non-hydrogen) atoms. The molecule has 0 aromatic carbocycles. The van der Waals surface area contributed by atoms with Crippen LogP contribution >= 0.6 is 11.6 Å². The van der Waals surface area contributed by atoms with Crippen molar-refractivity contribution in [1.29, 1.82) is 0 Å². The van der Waals surface area contributed by atoms with E-state index in [1.165, 1.54) is 17.6 Å². The molecule has 2 aliphatic heterocycles. The van der Waals surface area contributed by atoms with E-state index in [9.17, 15) is 13.5 Å². The van der Waals surface area contributed by atoms with Gasteiger partial charge in [-0.25, -0.2) is 13.4 Å². The maximum atomic E-state index is 12.5. The molecular weight excluding hydrogens is 330 g/mol. The van der Waals surface area contributed by atoms with Crippen LogP contribution in [-0.2, 0) is 10.0 Å². The largest absolute Gasteiger partial charge is 0.494 e. The Morgan fingerprint density at radius 2 is 2.14 bits per heavy atom. The molecule has 3 rings (SSSR count). The fourth-order valence-electron chi connectivity index (χ4n) is 2.64. The van der Waals surface area contributed by atoms with Crippen molar-refractivity contribution in [2.24, 2.45) is 0 Å². The van der Waals surface area contributed by atoms with E-state index in [4.69, 9.17) is 16.3 Å². The van der Waals surface area contributed by atoms with Crippen molar-refractivity contribution in [2.45, 2.75) is 23.8 Å². The number of methoxy groups -OCH3 is 1. The molecule has 7 nitrogen and oxygen atoms in total. The average molecular weight is 348 g/mol. The van der Waals surface area contributed by atoms with Crippen LogP contribution in [-0.4, -0.2) is 62.2 Å². The number of hydrogen-bond donors (Lipinski definition) is 1. The summed E-state index contributed by atoms with van der Waals surface area (Å²) in [5.41, 5.74) is 0. The second-order valence-corrected chi connectivity index (χ2v) is 7.72. The molecule has 0 spiro atoms. The summed E-state index contributed by atoms with van der Waals surface area (Å²) in [6, 6.07) is 0. The maximum absolute atomic E-state index is 12.5. The van der Waals surface area contributed by atoms with Crippen molar-refractivity contribution in [2.75, 3.05) is 38.2 Å². The van der Waals surface area contributed by atoms with Crippen LogP contribution < -0.4 is 9.64 Å². The molecule has 0 aliphatic carbocycles. The number of hydrogen-bond acceptors (Lipinski definition) is 6. The molecule has 1 unspecified atom stereocenters. The van der Waals surface area contributed by atoms with Crippen molar-refractivity contribution in [3.05, 3.63) is 11.2 Å². The molecule has 2 fully saturated rings. The molecule has 1 aromatic heterocycles. The zero-order valence-electron chi connectivity index (χ0n) is 12.2. The van der Waals surface area contributed by atoms with Gasteiger partial charge in [0.2, 0.25) is 10.0 Å². The van der Waals surface area contributed by atoms with Gasteiger partial charge in [0.15, 0.2) is 11.6 Å². The van der Waals surface area contributed by atoms with Crippen LogP contribution in [0.2, 0.25) is 5.02 Å². The Morgan fingerprint density at radius 1 is 1.41 bits per heavy atom. The molecule has 1 atom stereocenters. The van der Waals surface area contributed by atoms with E-state index in [0.29, 0.717) is 38.4 Å². The Bertz CT molecular complexity index is 678. The summed E-state index contributed by atoms with van der Waals surface area (Å²) in [4.78, 5) is 6.03. The van der Waals surface area contributed by atoms with E-state index in [0.717, 1.165) is 6.42 Å². The Balaban J connectivity index is 2.01. The lowest BCUT2D eigenvalue weighted by atomic mass is 10.3. The first-order valence-corrected chi connectivity index (χ1v) is 8.92. The molecule has 0 radical (unpaired) electrons. The Hall–Kier alpha value is -1.09. The topological polar surface area (TPSA) is 83.0 Å². The average Bonchev–Trinajstić information content (AvgIpc) is 2.82. The van der Waals surface area contributed by atoms with Crippen LogP contribution in [0, 0.1) is 0 Å². The van der Waals surface area contributed by atoms with Gasteiger partial charge in [-0.15, -0.1) is 0 Å². The number of aliphatic hydroxyl groups excluding tert-OH is 1. The first-order chi connectivity index (χ1) is 10.4. The van der Waals surface area contributed by atoms with Crippen LogP contribution in [0.15, 0.2) is 11.1 Å². The van der Waals surface area contributed by atoms with Crippen LogP contribution in [0.4, 0.5) is 5.82 Å². The third kappa shape index (κ3) is 2.54. The minimum absolute atomic E-state index is 0.0109. The molecule has 0 saturated carbocycles. The lowest BCUT2D eigenvalue weighted by molar-refractivity contribution is 0.198. The predicted molar refractivity (Wildman–Crippen MR) is 82.0 cm³/mol. The van der Waals surface area contributed by atoms with Crippen molar-refractivity contribution < 1.29 is 18.3 Å². The third-order valence-corrected chi connectivity index (χ3v) is 6.26. The summed E-state index contributed by atoms with van der Waals surface area (Å²) in [5, 5.41) is 9.79. The summed E-state index contributed by atoms with van der Waals surface area (Å²) in [7, 11) is -2.24. The number of aromatic nitrogens is 1. The van der Waals surface area contributed by atoms with Gasteiger partial charge in [0.25, 0.3) is 0 Å². The lowest BCUT2D eigenvalue weighted by Gasteiger charge is -2.30. The number of anilines is 1. The monoisotopic (exact) mass is 347 g/mol. The molecule has 2 aliphatic rings. The molecule has 1 aromatic rings. The van der Waals surface area contributed by atoms with Gasteiger partial charge in [-0.3, -0.25) is 0 Å². The zero-order valence-corrected chi connectivity index (χ0v) is 13.8. The summed E-state index contributed by atoms with van der Waals surface area (Å²) >= 11 is 6.32. The SMILES string of the molecule is COc1c(S(=O)(=O)N2CCC2)cnc(N2CCC(O)C2)c1Cl. The van der Waals surface area contributed by atoms with Crippen molar-refractivity contribution in [3.8, 4) is 5.75 Å². The molecule has 9 heteroatoms. The lowest BCUT2D eigenvalue weighted by Crippen LogP contribution is -2.42. The number of aliphatic hydroxyl groups is 1. The first kappa shape index (κ1) is 15.8. The van der Waals surface area contributed by atoms with Gasteiger partial charge >= 0.3 is 0 Å². The van der Waals surface area contributed by atoms with E-state index in [-0.39, 0.29) is 15.7 Å². The van der Waals surface area contributed by atoms with E-state index in [2.05, 4.69) is 4.98 Å². The molecule has 122 valence electrons. The van der Waals surface area contributed by atoms with E-state index >= 15 is 0 Å². The molecule has 1 N–H and O–H groups in total. The standard InChI is InChI=1S/C13H18ClN3O4S/c1-21-12-10(22(19,20)17-4-2-5-17)7-15-13(11(12)14)16-6-3-9(18)8-16/h7,9,18H,2-6,8H2,1H3. The third-order valence-electron chi connectivity index (χ3n) is 4.02. The number of rotatable bonds is 4. The van der Waals surface area contributed by atoms with E-state index in [1.807, 2.05) is 4.90 Å². The minimum Gasteiger partial charge on any atom is -0.494 e. The number of ether oxygens (including phenoxy) is 1. The summed E-state index contributed by atoms with van der Waals surface area (Å²) in [6.07, 6.45) is 2.35. The fourth-order valence-corrected chi connectivity index (χ4v) is 4.67. The summed E-state index contributed by atoms with van der Waals surface area (Å²) < 4.78 is 31.7. The smallest absolute Gasteiger partial charge is 0.248 e. The number of nitrogens with zero attached hydrogens (tertiary/aromatic N) is 3. The number of halogens is 1. The van der Waals surface area contributed by atoms with Gasteiger partial charge < -0.3 is 14.7 Å². The normalized spacial score (nSPS) is 22.7. The van der Waals surface area contributed by atoms with Gasteiger partial charge in [0.1, 0.15) is 9.92 Å². The maximum Gasteiger partial charge on any atom is 0.248 e. The number of sulfonamides is 1. The molecule has 0 bridgehead atoms. The predicted octanol–water partition coefficient (Wildman–Crippen LogP) is 0.709. The van der Waals surface area contributed by atoms with Crippen LogP contribution in [0.5, 0.6) is 5.75 Å². The Morgan fingerprint density at radius 3 is 2.64 bits per heavy atom. The van der Waals surface area contributed by atoms with Crippen LogP contribution in [0.1, 0.15) is 12.8 Å². The van der Waals surface area contributed by atoms with E-state index in [1.54, 1.807) is 0 Å². The first-order valence-electron chi connectivity index (χ1n) is 7.11. The van der Waals surface area contributed by atoms with Crippen molar-refractivity contribution in [3.63, 3.8) is 0 Å². The van der Waals surface area contributed by atoms with Gasteiger partial charge in [0, 0.05) is 26.2 Å². The fraction of sp³-hybridized carbons (Fsp3) is 0.615. The molecule has 3 heterocycles. The zero-order chi connectivity index (χ0) is 15.9. The Kier molecular flexibility index (Phi) is 4.19. The highest BCUT2D eigenvalue weighted by molar-refractivity contribution is 7.89. The quantitative estimate of drug-likeness (QED) is 0.863. The number of pyridine rings is 1. The molecular formula is C13H18ClN3O4S. The van der Waals surface area contributed by atoms with Crippen LogP contribution in [0.25, 0.3) is 0 Å². The second kappa shape index (κ2) is 5.84. The molecule has 2 saturated heterocycles. The van der Waals surface area contributed by atoms with Crippen molar-refractivity contribution in [1.82, 2.24) is 9.29 Å². The van der Waals surface area contributed by atoms with Gasteiger partial charge in [-0.05, 0) is 12.8 Å². The van der Waals surface area contributed by atoms with Gasteiger partial charge in [0.05, 0.1) is 19.4 Å². The number of β-amino-alcohol motifs (C(OH)–C–C–N with tert-alkyl or cyclic N) is 1. The van der Waals surface area contributed by atoms with E-state index < -0.39 is 16.1 Å².